The van der Waals surface area contributed by atoms with Crippen molar-refractivity contribution in [2.75, 3.05) is 42.5 Å². The van der Waals surface area contributed by atoms with Crippen LogP contribution in [0.3, 0.4) is 0 Å². The van der Waals surface area contributed by atoms with Crippen molar-refractivity contribution < 1.29 is 14.3 Å². The number of amides is 2. The maximum absolute atomic E-state index is 13.2. The summed E-state index contributed by atoms with van der Waals surface area (Å²) in [6.45, 7) is 4.79. The number of carbonyl (C=O) groups excluding carboxylic acids is 2. The summed E-state index contributed by atoms with van der Waals surface area (Å²) in [6, 6.07) is 20.9. The lowest BCUT2D eigenvalue weighted by Crippen LogP contribution is -2.51. The highest BCUT2D eigenvalue weighted by Crippen LogP contribution is 2.27. The van der Waals surface area contributed by atoms with E-state index in [0.29, 0.717) is 44.4 Å². The zero-order valence-corrected chi connectivity index (χ0v) is 19.1. The number of para-hydroxylation sites is 2. The smallest absolute Gasteiger partial charge is 0.228 e. The number of aromatic nitrogens is 2. The van der Waals surface area contributed by atoms with Gasteiger partial charge in [-0.05, 0) is 31.2 Å². The summed E-state index contributed by atoms with van der Waals surface area (Å²) in [6.07, 6.45) is 0.263. The van der Waals surface area contributed by atoms with Crippen molar-refractivity contribution in [3.63, 3.8) is 0 Å². The predicted molar refractivity (Wildman–Crippen MR) is 129 cm³/mol. The average molecular weight is 458 g/mol. The molecule has 1 unspecified atom stereocenters. The van der Waals surface area contributed by atoms with Gasteiger partial charge >= 0.3 is 0 Å². The number of benzene rings is 2. The molecule has 8 heteroatoms. The summed E-state index contributed by atoms with van der Waals surface area (Å²) in [4.78, 5) is 40.4. The van der Waals surface area contributed by atoms with Gasteiger partial charge in [-0.3, -0.25) is 9.59 Å². The summed E-state index contributed by atoms with van der Waals surface area (Å²) in [5.74, 6) is 2.40. The van der Waals surface area contributed by atoms with Gasteiger partial charge in [-0.2, -0.15) is 4.98 Å². The van der Waals surface area contributed by atoms with Gasteiger partial charge in [0.2, 0.25) is 17.7 Å². The maximum Gasteiger partial charge on any atom is 0.228 e. The van der Waals surface area contributed by atoms with Gasteiger partial charge in [0.05, 0.1) is 5.92 Å². The number of carbonyl (C=O) groups is 2. The maximum atomic E-state index is 13.2. The highest BCUT2D eigenvalue weighted by Gasteiger charge is 2.38. The van der Waals surface area contributed by atoms with Crippen molar-refractivity contribution in [1.82, 2.24) is 14.9 Å². The quantitative estimate of drug-likeness (QED) is 0.585. The van der Waals surface area contributed by atoms with Gasteiger partial charge in [0, 0.05) is 50.9 Å². The first kappa shape index (κ1) is 21.9. The van der Waals surface area contributed by atoms with Crippen LogP contribution in [0.4, 0.5) is 11.5 Å². The van der Waals surface area contributed by atoms with E-state index < -0.39 is 0 Å². The monoisotopic (exact) mass is 457 g/mol. The van der Waals surface area contributed by atoms with Crippen LogP contribution in [0.5, 0.6) is 11.6 Å². The molecule has 2 aliphatic rings. The van der Waals surface area contributed by atoms with Gasteiger partial charge in [-0.1, -0.05) is 36.4 Å². The molecule has 2 saturated heterocycles. The number of hydrogen-bond acceptors (Lipinski definition) is 6. The van der Waals surface area contributed by atoms with Crippen LogP contribution in [0, 0.1) is 12.8 Å². The van der Waals surface area contributed by atoms with Crippen LogP contribution >= 0.6 is 0 Å². The van der Waals surface area contributed by atoms with Crippen molar-refractivity contribution >= 4 is 23.3 Å². The molecule has 0 radical (unpaired) electrons. The Bertz CT molecular complexity index is 1160. The Morgan fingerprint density at radius 2 is 1.62 bits per heavy atom. The Labute approximate surface area is 198 Å². The van der Waals surface area contributed by atoms with E-state index in [2.05, 4.69) is 14.9 Å². The molecular weight excluding hydrogens is 430 g/mol. The summed E-state index contributed by atoms with van der Waals surface area (Å²) in [7, 11) is 0. The topological polar surface area (TPSA) is 78.9 Å². The predicted octanol–water partition coefficient (Wildman–Crippen LogP) is 3.28. The van der Waals surface area contributed by atoms with Crippen molar-refractivity contribution in [2.45, 2.75) is 13.3 Å². The van der Waals surface area contributed by atoms with E-state index >= 15 is 0 Å². The largest absolute Gasteiger partial charge is 0.439 e. The van der Waals surface area contributed by atoms with E-state index in [-0.39, 0.29) is 24.2 Å². The molecule has 3 heterocycles. The number of nitrogens with zero attached hydrogens (tertiary/aromatic N) is 5. The number of ether oxygens (including phenoxy) is 1. The SMILES string of the molecule is Cc1nc(Oc2ccccc2)cc(N2CCN(C(=O)C3CC(=O)N(c4ccccc4)C3)CC2)n1. The molecule has 0 aliphatic carbocycles. The zero-order valence-electron chi connectivity index (χ0n) is 19.1. The van der Waals surface area contributed by atoms with Crippen LogP contribution in [0.2, 0.25) is 0 Å². The number of piperazine rings is 1. The van der Waals surface area contributed by atoms with Crippen LogP contribution in [0.15, 0.2) is 66.7 Å². The van der Waals surface area contributed by atoms with Crippen molar-refractivity contribution in [3.05, 3.63) is 72.6 Å². The third-order valence-electron chi connectivity index (χ3n) is 6.22. The van der Waals surface area contributed by atoms with Crippen LogP contribution in [0.1, 0.15) is 12.2 Å². The molecule has 3 aromatic rings. The van der Waals surface area contributed by atoms with E-state index in [9.17, 15) is 9.59 Å². The van der Waals surface area contributed by atoms with E-state index in [1.54, 1.807) is 4.90 Å². The lowest BCUT2D eigenvalue weighted by molar-refractivity contribution is -0.136. The van der Waals surface area contributed by atoms with Crippen LogP contribution in [0.25, 0.3) is 0 Å². The molecule has 2 fully saturated rings. The second-order valence-corrected chi connectivity index (χ2v) is 8.58. The fourth-order valence-corrected chi connectivity index (χ4v) is 4.49. The van der Waals surface area contributed by atoms with E-state index in [4.69, 9.17) is 4.74 Å². The summed E-state index contributed by atoms with van der Waals surface area (Å²) in [5.41, 5.74) is 0.847. The van der Waals surface area contributed by atoms with Gasteiger partial charge in [0.25, 0.3) is 0 Å². The van der Waals surface area contributed by atoms with E-state index in [0.717, 1.165) is 17.3 Å². The fourth-order valence-electron chi connectivity index (χ4n) is 4.49. The van der Waals surface area contributed by atoms with E-state index in [1.165, 1.54) is 0 Å². The van der Waals surface area contributed by atoms with Crippen molar-refractivity contribution in [1.29, 1.82) is 0 Å². The number of aryl methyl sites for hydroxylation is 1. The molecule has 5 rings (SSSR count). The van der Waals surface area contributed by atoms with Gasteiger partial charge < -0.3 is 19.4 Å². The molecule has 0 spiro atoms. The molecular formula is C26H27N5O3. The lowest BCUT2D eigenvalue weighted by Gasteiger charge is -2.36. The lowest BCUT2D eigenvalue weighted by atomic mass is 10.1. The minimum Gasteiger partial charge on any atom is -0.439 e. The van der Waals surface area contributed by atoms with Gasteiger partial charge in [-0.25, -0.2) is 4.98 Å². The molecule has 8 nitrogen and oxygen atoms in total. The highest BCUT2D eigenvalue weighted by molar-refractivity contribution is 6.00. The van der Waals surface area contributed by atoms with Crippen molar-refractivity contribution in [2.24, 2.45) is 5.92 Å². The molecule has 34 heavy (non-hydrogen) atoms. The average Bonchev–Trinajstić information content (AvgIpc) is 3.26. The van der Waals surface area contributed by atoms with Gasteiger partial charge in [0.15, 0.2) is 0 Å². The molecule has 2 aromatic carbocycles. The highest BCUT2D eigenvalue weighted by atomic mass is 16.5. The summed E-state index contributed by atoms with van der Waals surface area (Å²) in [5, 5.41) is 0. The summed E-state index contributed by atoms with van der Waals surface area (Å²) < 4.78 is 5.90. The number of rotatable bonds is 5. The van der Waals surface area contributed by atoms with Gasteiger partial charge in [-0.15, -0.1) is 0 Å². The first-order valence-electron chi connectivity index (χ1n) is 11.5. The molecule has 0 saturated carbocycles. The third-order valence-corrected chi connectivity index (χ3v) is 6.22. The molecule has 174 valence electrons. The number of hydrogen-bond donors (Lipinski definition) is 0. The zero-order chi connectivity index (χ0) is 23.5. The Kier molecular flexibility index (Phi) is 6.12. The van der Waals surface area contributed by atoms with Crippen molar-refractivity contribution in [3.8, 4) is 11.6 Å². The minimum atomic E-state index is -0.300. The van der Waals surface area contributed by atoms with Crippen LogP contribution < -0.4 is 14.5 Å². The molecule has 2 aliphatic heterocycles. The second kappa shape index (κ2) is 9.51. The van der Waals surface area contributed by atoms with E-state index in [1.807, 2.05) is 78.6 Å². The molecule has 2 amide bonds. The van der Waals surface area contributed by atoms with Crippen LogP contribution in [-0.4, -0.2) is 59.4 Å². The Hall–Kier alpha value is -3.94. The standard InChI is InChI=1S/C26H27N5O3/c1-19-27-23(17-24(28-19)34-22-10-6-3-7-11-22)29-12-14-30(15-13-29)26(33)20-16-25(32)31(18-20)21-8-4-2-5-9-21/h2-11,17,20H,12-16,18H2,1H3. The van der Waals surface area contributed by atoms with Crippen LogP contribution in [-0.2, 0) is 9.59 Å². The minimum absolute atomic E-state index is 0.00518. The number of anilines is 2. The Morgan fingerprint density at radius 3 is 2.32 bits per heavy atom. The molecule has 0 bridgehead atoms. The molecule has 0 N–H and O–H groups in total. The normalized spacial score (nSPS) is 18.3. The second-order valence-electron chi connectivity index (χ2n) is 8.58. The Balaban J connectivity index is 1.20. The summed E-state index contributed by atoms with van der Waals surface area (Å²) >= 11 is 0. The third kappa shape index (κ3) is 4.71. The molecule has 1 aromatic heterocycles. The fraction of sp³-hybridized carbons (Fsp3) is 0.308. The Morgan fingerprint density at radius 1 is 0.941 bits per heavy atom. The first-order valence-corrected chi connectivity index (χ1v) is 11.5. The first-order chi connectivity index (χ1) is 16.6. The van der Waals surface area contributed by atoms with Gasteiger partial charge in [0.1, 0.15) is 17.4 Å². The molecule has 1 atom stereocenters.